The molecule has 0 aromatic heterocycles. The zero-order valence-electron chi connectivity index (χ0n) is 20.9. The highest BCUT2D eigenvalue weighted by Crippen LogP contribution is 2.38. The Hall–Kier alpha value is -3.39. The van der Waals surface area contributed by atoms with Crippen LogP contribution < -0.4 is 18.9 Å². The molecule has 2 aliphatic rings. The third-order valence-corrected chi connectivity index (χ3v) is 6.73. The average molecular weight is 483 g/mol. The first kappa shape index (κ1) is 24.7. The molecule has 8 nitrogen and oxygen atoms in total. The van der Waals surface area contributed by atoms with Gasteiger partial charge in [0, 0.05) is 38.3 Å². The van der Waals surface area contributed by atoms with Gasteiger partial charge >= 0.3 is 0 Å². The fraction of sp³-hybridized carbons (Fsp3) is 0.444. The monoisotopic (exact) mass is 482 g/mol. The number of ether oxygens (including phenoxy) is 4. The lowest BCUT2D eigenvalue weighted by Crippen LogP contribution is -2.48. The molecule has 1 aliphatic carbocycles. The Balaban J connectivity index is 1.42. The number of fused-ring (bicyclic) bond motifs is 1. The van der Waals surface area contributed by atoms with Crippen molar-refractivity contribution < 1.29 is 28.8 Å². The number of benzene rings is 2. The minimum atomic E-state index is 0.0947. The van der Waals surface area contributed by atoms with Crippen LogP contribution in [0, 0.1) is 0 Å². The molecule has 0 unspecified atom stereocenters. The lowest BCUT2D eigenvalue weighted by atomic mass is 10.0. The summed E-state index contributed by atoms with van der Waals surface area (Å²) in [7, 11) is 6.36. The highest BCUT2D eigenvalue weighted by Gasteiger charge is 2.25. The summed E-state index contributed by atoms with van der Waals surface area (Å²) in [5.41, 5.74) is 3.87. The van der Waals surface area contributed by atoms with Gasteiger partial charge in [-0.25, -0.2) is 0 Å². The summed E-state index contributed by atoms with van der Waals surface area (Å²) < 4.78 is 21.6. The molecule has 0 atom stereocenters. The third-order valence-electron chi connectivity index (χ3n) is 6.73. The molecule has 1 saturated heterocycles. The van der Waals surface area contributed by atoms with Gasteiger partial charge in [0.25, 0.3) is 0 Å². The van der Waals surface area contributed by atoms with Crippen LogP contribution in [0.5, 0.6) is 28.7 Å². The number of hydrogen-bond donors (Lipinski definition) is 1. The minimum absolute atomic E-state index is 0.0947. The molecule has 188 valence electrons. The molecule has 1 heterocycles. The maximum absolute atomic E-state index is 13.4. The lowest BCUT2D eigenvalue weighted by Gasteiger charge is -2.35. The highest BCUT2D eigenvalue weighted by atomic mass is 16.5. The van der Waals surface area contributed by atoms with E-state index in [0.717, 1.165) is 61.2 Å². The molecular formula is C27H34N2O6. The van der Waals surface area contributed by atoms with Gasteiger partial charge in [0.1, 0.15) is 0 Å². The maximum Gasteiger partial charge on any atom is 0.249 e. The molecule has 4 rings (SSSR count). The van der Waals surface area contributed by atoms with Gasteiger partial charge < -0.3 is 29.0 Å². The summed E-state index contributed by atoms with van der Waals surface area (Å²) in [5.74, 6) is 2.52. The largest absolute Gasteiger partial charge is 0.504 e. The summed E-state index contributed by atoms with van der Waals surface area (Å²) in [6.45, 7) is 3.65. The van der Waals surface area contributed by atoms with Crippen LogP contribution in [-0.4, -0.2) is 75.4 Å². The van der Waals surface area contributed by atoms with Gasteiger partial charge in [0.05, 0.1) is 28.4 Å². The van der Waals surface area contributed by atoms with Crippen molar-refractivity contribution in [3.8, 4) is 28.7 Å². The summed E-state index contributed by atoms with van der Waals surface area (Å²) in [6.07, 6.45) is 4.39. The number of amides is 1. The normalized spacial score (nSPS) is 16.1. The molecule has 0 spiro atoms. The average Bonchev–Trinajstić information content (AvgIpc) is 3.09. The van der Waals surface area contributed by atoms with E-state index in [0.29, 0.717) is 36.1 Å². The van der Waals surface area contributed by atoms with Gasteiger partial charge in [-0.1, -0.05) is 0 Å². The number of phenols is 1. The van der Waals surface area contributed by atoms with Gasteiger partial charge in [0.2, 0.25) is 11.7 Å². The second-order valence-corrected chi connectivity index (χ2v) is 8.85. The van der Waals surface area contributed by atoms with Crippen LogP contribution in [0.4, 0.5) is 0 Å². The smallest absolute Gasteiger partial charge is 0.249 e. The first-order valence-corrected chi connectivity index (χ1v) is 11.9. The summed E-state index contributed by atoms with van der Waals surface area (Å²) in [4.78, 5) is 17.6. The predicted molar refractivity (Wildman–Crippen MR) is 134 cm³/mol. The quantitative estimate of drug-likeness (QED) is 0.647. The van der Waals surface area contributed by atoms with Crippen LogP contribution in [-0.2, 0) is 17.8 Å². The van der Waals surface area contributed by atoms with Crippen molar-refractivity contribution in [3.63, 3.8) is 0 Å². The van der Waals surface area contributed by atoms with Crippen LogP contribution in [0.25, 0.3) is 6.08 Å². The predicted octanol–water partition coefficient (Wildman–Crippen LogP) is 3.49. The van der Waals surface area contributed by atoms with Crippen molar-refractivity contribution in [2.24, 2.45) is 0 Å². The molecule has 1 N–H and O–H groups in total. The number of nitrogens with zero attached hydrogens (tertiary/aromatic N) is 2. The fourth-order valence-corrected chi connectivity index (χ4v) is 4.84. The van der Waals surface area contributed by atoms with Crippen molar-refractivity contribution >= 4 is 12.0 Å². The Kier molecular flexibility index (Phi) is 7.70. The van der Waals surface area contributed by atoms with Crippen molar-refractivity contribution in [1.29, 1.82) is 0 Å². The van der Waals surface area contributed by atoms with Gasteiger partial charge in [-0.3, -0.25) is 9.69 Å². The standard InChI is InChI=1S/C27H34N2O6/c1-32-23-16-21-14-20(7-5-6-19(21)15-22(23)30)27(31)29-10-8-28(9-11-29)17-18-12-24(33-2)26(35-4)25(13-18)34-3/h12-16,30H,5-11,17H2,1-4H3. The summed E-state index contributed by atoms with van der Waals surface area (Å²) in [6, 6.07) is 7.51. The molecule has 1 amide bonds. The first-order valence-electron chi connectivity index (χ1n) is 11.9. The molecule has 35 heavy (non-hydrogen) atoms. The molecule has 0 radical (unpaired) electrons. The Morgan fingerprint density at radius 2 is 1.51 bits per heavy atom. The molecule has 0 bridgehead atoms. The Labute approximate surface area is 206 Å². The van der Waals surface area contributed by atoms with E-state index in [1.54, 1.807) is 27.4 Å². The number of aromatic hydroxyl groups is 1. The second kappa shape index (κ2) is 10.9. The van der Waals surface area contributed by atoms with E-state index in [4.69, 9.17) is 18.9 Å². The lowest BCUT2D eigenvalue weighted by molar-refractivity contribution is -0.129. The topological polar surface area (TPSA) is 80.7 Å². The van der Waals surface area contributed by atoms with Gasteiger partial charge in [-0.05, 0) is 66.3 Å². The first-order chi connectivity index (χ1) is 17.0. The SMILES string of the molecule is COc1cc2c(cc1O)CCCC(C(=O)N1CCN(Cc3cc(OC)c(OC)c(OC)c3)CC1)=C2. The number of phenolic OH excluding ortho intramolecular Hbond substituents is 1. The molecule has 0 saturated carbocycles. The van der Waals surface area contributed by atoms with Gasteiger partial charge in [-0.2, -0.15) is 0 Å². The molecule has 1 aliphatic heterocycles. The molecule has 2 aromatic rings. The van der Waals surface area contributed by atoms with E-state index < -0.39 is 0 Å². The van der Waals surface area contributed by atoms with Crippen molar-refractivity contribution in [1.82, 2.24) is 9.80 Å². The number of carbonyl (C=O) groups excluding carboxylic acids is 1. The second-order valence-electron chi connectivity index (χ2n) is 8.85. The van der Waals surface area contributed by atoms with E-state index in [-0.39, 0.29) is 11.7 Å². The van der Waals surface area contributed by atoms with Gasteiger partial charge in [-0.15, -0.1) is 0 Å². The van der Waals surface area contributed by atoms with Crippen molar-refractivity contribution in [2.75, 3.05) is 54.6 Å². The van der Waals surface area contributed by atoms with Crippen LogP contribution in [0.1, 0.15) is 29.5 Å². The Morgan fingerprint density at radius 1 is 0.857 bits per heavy atom. The molecular weight excluding hydrogens is 448 g/mol. The zero-order valence-corrected chi connectivity index (χ0v) is 20.9. The number of piperazine rings is 1. The molecule has 8 heteroatoms. The van der Waals surface area contributed by atoms with E-state index >= 15 is 0 Å². The van der Waals surface area contributed by atoms with Crippen molar-refractivity contribution in [2.45, 2.75) is 25.8 Å². The third kappa shape index (κ3) is 5.32. The Bertz CT molecular complexity index is 1080. The summed E-state index contributed by atoms with van der Waals surface area (Å²) in [5, 5.41) is 10.1. The summed E-state index contributed by atoms with van der Waals surface area (Å²) >= 11 is 0. The number of aryl methyl sites for hydroxylation is 1. The molecule has 1 fully saturated rings. The Morgan fingerprint density at radius 3 is 2.11 bits per heavy atom. The van der Waals surface area contributed by atoms with E-state index in [9.17, 15) is 9.90 Å². The number of methoxy groups -OCH3 is 4. The van der Waals surface area contributed by atoms with E-state index in [1.165, 1.54) is 7.11 Å². The highest BCUT2D eigenvalue weighted by molar-refractivity contribution is 5.98. The van der Waals surface area contributed by atoms with Crippen LogP contribution in [0.3, 0.4) is 0 Å². The van der Waals surface area contributed by atoms with Gasteiger partial charge in [0.15, 0.2) is 23.0 Å². The van der Waals surface area contributed by atoms with Crippen LogP contribution in [0.2, 0.25) is 0 Å². The van der Waals surface area contributed by atoms with E-state index in [1.807, 2.05) is 29.2 Å². The minimum Gasteiger partial charge on any atom is -0.504 e. The van der Waals surface area contributed by atoms with Crippen LogP contribution >= 0.6 is 0 Å². The number of carbonyl (C=O) groups is 1. The fourth-order valence-electron chi connectivity index (χ4n) is 4.84. The van der Waals surface area contributed by atoms with Crippen molar-refractivity contribution in [3.05, 3.63) is 46.5 Å². The van der Waals surface area contributed by atoms with E-state index in [2.05, 4.69) is 4.90 Å². The zero-order chi connectivity index (χ0) is 24.9. The molecule has 2 aromatic carbocycles. The number of hydrogen-bond acceptors (Lipinski definition) is 7. The number of rotatable bonds is 7. The van der Waals surface area contributed by atoms with Crippen LogP contribution in [0.15, 0.2) is 29.8 Å². The maximum atomic E-state index is 13.4.